The van der Waals surface area contributed by atoms with Crippen molar-refractivity contribution < 1.29 is 9.47 Å². The lowest BCUT2D eigenvalue weighted by Crippen LogP contribution is -2.17. The Morgan fingerprint density at radius 2 is 1.04 bits per heavy atom. The maximum atomic E-state index is 5.76. The number of allylic oxidation sites excluding steroid dienone is 3. The third kappa shape index (κ3) is 6.46. The Balaban J connectivity index is 1.16. The summed E-state index contributed by atoms with van der Waals surface area (Å²) in [7, 11) is 0. The van der Waals surface area contributed by atoms with Crippen molar-refractivity contribution >= 4 is 50.0 Å². The first-order chi connectivity index (χ1) is 25.7. The van der Waals surface area contributed by atoms with E-state index in [0.717, 1.165) is 69.6 Å². The zero-order chi connectivity index (χ0) is 35.3. The number of hydrogen-bond donors (Lipinski definition) is 0. The molecule has 0 aromatic heterocycles. The highest BCUT2D eigenvalue weighted by Gasteiger charge is 2.20. The van der Waals surface area contributed by atoms with Gasteiger partial charge in [0, 0.05) is 52.1 Å². The van der Waals surface area contributed by atoms with Crippen molar-refractivity contribution in [2.24, 2.45) is 0 Å². The van der Waals surface area contributed by atoms with Crippen LogP contribution in [0.3, 0.4) is 0 Å². The minimum atomic E-state index is 0.732. The van der Waals surface area contributed by atoms with Crippen molar-refractivity contribution in [2.75, 3.05) is 9.80 Å². The van der Waals surface area contributed by atoms with Gasteiger partial charge in [-0.3, -0.25) is 0 Å². The molecule has 0 radical (unpaired) electrons. The molecule has 0 aliphatic heterocycles. The summed E-state index contributed by atoms with van der Waals surface area (Å²) < 4.78 is 11.4. The van der Waals surface area contributed by atoms with Crippen LogP contribution in [0.1, 0.15) is 12.8 Å². The summed E-state index contributed by atoms with van der Waals surface area (Å²) in [6.07, 6.45) is 9.11. The monoisotopic (exact) mass is 674 g/mol. The van der Waals surface area contributed by atoms with E-state index < -0.39 is 0 Å². The molecular formula is C48H38N2O2. The SMILES string of the molecule is C=COC1=CC(N(c2ccc(-c3ccc(N(c4cccc(OC=C)c4)c4cccc5ccccc45)cc3)cc2)c2cccc3ccccc23)=CCC1. The summed E-state index contributed by atoms with van der Waals surface area (Å²) in [6.45, 7) is 7.53. The fourth-order valence-corrected chi connectivity index (χ4v) is 7.07. The van der Waals surface area contributed by atoms with Gasteiger partial charge in [0.25, 0.3) is 0 Å². The van der Waals surface area contributed by atoms with Crippen LogP contribution in [0.2, 0.25) is 0 Å². The molecule has 7 aromatic carbocycles. The first-order valence-corrected chi connectivity index (χ1v) is 17.5. The number of hydrogen-bond acceptors (Lipinski definition) is 4. The van der Waals surface area contributed by atoms with E-state index in [0.29, 0.717) is 0 Å². The van der Waals surface area contributed by atoms with E-state index in [4.69, 9.17) is 9.47 Å². The predicted octanol–water partition coefficient (Wildman–Crippen LogP) is 13.5. The van der Waals surface area contributed by atoms with Crippen molar-refractivity contribution in [3.63, 3.8) is 0 Å². The average Bonchev–Trinajstić information content (AvgIpc) is 3.20. The Hall–Kier alpha value is -6.78. The Morgan fingerprint density at radius 3 is 1.65 bits per heavy atom. The summed E-state index contributed by atoms with van der Waals surface area (Å²) in [6, 6.07) is 55.6. The van der Waals surface area contributed by atoms with E-state index in [1.165, 1.54) is 34.1 Å². The van der Waals surface area contributed by atoms with Crippen LogP contribution in [0.4, 0.5) is 28.4 Å². The molecule has 252 valence electrons. The van der Waals surface area contributed by atoms with Crippen molar-refractivity contribution in [3.05, 3.63) is 207 Å². The van der Waals surface area contributed by atoms with E-state index in [-0.39, 0.29) is 0 Å². The van der Waals surface area contributed by atoms with E-state index >= 15 is 0 Å². The fourth-order valence-electron chi connectivity index (χ4n) is 7.07. The molecule has 7 aromatic rings. The Bertz CT molecular complexity index is 2450. The van der Waals surface area contributed by atoms with Gasteiger partial charge in [-0.05, 0) is 76.9 Å². The highest BCUT2D eigenvalue weighted by atomic mass is 16.5. The smallest absolute Gasteiger partial charge is 0.128 e. The molecule has 0 heterocycles. The number of anilines is 5. The van der Waals surface area contributed by atoms with Crippen molar-refractivity contribution in [1.82, 2.24) is 0 Å². The Morgan fingerprint density at radius 1 is 0.500 bits per heavy atom. The van der Waals surface area contributed by atoms with Gasteiger partial charge < -0.3 is 19.3 Å². The lowest BCUT2D eigenvalue weighted by atomic mass is 10.0. The van der Waals surface area contributed by atoms with E-state index in [9.17, 15) is 0 Å². The molecule has 1 aliphatic rings. The van der Waals surface area contributed by atoms with Crippen molar-refractivity contribution in [1.29, 1.82) is 0 Å². The summed E-state index contributed by atoms with van der Waals surface area (Å²) in [5.41, 5.74) is 8.66. The van der Waals surface area contributed by atoms with E-state index in [2.05, 4.69) is 175 Å². The summed E-state index contributed by atoms with van der Waals surface area (Å²) in [4.78, 5) is 4.61. The normalized spacial score (nSPS) is 12.5. The Labute approximate surface area is 305 Å². The summed E-state index contributed by atoms with van der Waals surface area (Å²) in [5.74, 6) is 1.64. The molecule has 0 amide bonds. The van der Waals surface area contributed by atoms with Crippen molar-refractivity contribution in [3.8, 4) is 16.9 Å². The van der Waals surface area contributed by atoms with Crippen LogP contribution in [0.15, 0.2) is 207 Å². The van der Waals surface area contributed by atoms with Crippen LogP contribution in [0.5, 0.6) is 5.75 Å². The second kappa shape index (κ2) is 14.6. The van der Waals surface area contributed by atoms with Gasteiger partial charge in [0.15, 0.2) is 0 Å². The molecule has 0 unspecified atom stereocenters. The maximum absolute atomic E-state index is 5.76. The molecule has 4 heteroatoms. The number of fused-ring (bicyclic) bond motifs is 2. The number of rotatable bonds is 11. The highest BCUT2D eigenvalue weighted by molar-refractivity contribution is 5.99. The molecule has 0 N–H and O–H groups in total. The quantitative estimate of drug-likeness (QED) is 0.128. The van der Waals surface area contributed by atoms with Crippen LogP contribution < -0.4 is 14.5 Å². The Kier molecular flexibility index (Phi) is 9.10. The minimum Gasteiger partial charge on any atom is -0.470 e. The highest BCUT2D eigenvalue weighted by Crippen LogP contribution is 2.42. The van der Waals surface area contributed by atoms with Gasteiger partial charge >= 0.3 is 0 Å². The predicted molar refractivity (Wildman–Crippen MR) is 218 cm³/mol. The standard InChI is InChI=1S/C48H38N2O2/c1-3-51-43-19-11-17-41(33-43)49(47-23-9-15-37-13-5-7-21-45(37)47)39-29-25-35(26-30-39)36-27-31-40(32-28-36)50(42-18-12-20-44(34-42)52-4-2)48-24-10-16-38-14-6-8-22-46(38)48/h3-11,13-19,21-34H,1-2,12,20H2. The third-order valence-corrected chi connectivity index (χ3v) is 9.44. The van der Waals surface area contributed by atoms with Gasteiger partial charge in [-0.15, -0.1) is 0 Å². The largest absolute Gasteiger partial charge is 0.470 e. The van der Waals surface area contributed by atoms with Crippen LogP contribution in [-0.4, -0.2) is 0 Å². The van der Waals surface area contributed by atoms with Gasteiger partial charge in [0.1, 0.15) is 11.5 Å². The van der Waals surface area contributed by atoms with Crippen LogP contribution in [0.25, 0.3) is 32.7 Å². The molecule has 0 saturated carbocycles. The summed E-state index contributed by atoms with van der Waals surface area (Å²) in [5, 5.41) is 4.73. The van der Waals surface area contributed by atoms with E-state index in [1.807, 2.05) is 18.2 Å². The second-order valence-corrected chi connectivity index (χ2v) is 12.6. The van der Waals surface area contributed by atoms with Crippen LogP contribution >= 0.6 is 0 Å². The zero-order valence-corrected chi connectivity index (χ0v) is 28.9. The summed E-state index contributed by atoms with van der Waals surface area (Å²) >= 11 is 0. The molecule has 0 saturated heterocycles. The first kappa shape index (κ1) is 32.4. The topological polar surface area (TPSA) is 24.9 Å². The van der Waals surface area contributed by atoms with Crippen LogP contribution in [0, 0.1) is 0 Å². The van der Waals surface area contributed by atoms with E-state index in [1.54, 1.807) is 0 Å². The number of nitrogens with zero attached hydrogens (tertiary/aromatic N) is 2. The first-order valence-electron chi connectivity index (χ1n) is 17.5. The molecule has 0 spiro atoms. The molecule has 1 aliphatic carbocycles. The molecular weight excluding hydrogens is 637 g/mol. The molecule has 0 fully saturated rings. The lowest BCUT2D eigenvalue weighted by Gasteiger charge is -2.30. The third-order valence-electron chi connectivity index (χ3n) is 9.44. The second-order valence-electron chi connectivity index (χ2n) is 12.6. The van der Waals surface area contributed by atoms with Crippen molar-refractivity contribution in [2.45, 2.75) is 12.8 Å². The van der Waals surface area contributed by atoms with Crippen LogP contribution in [-0.2, 0) is 4.74 Å². The average molecular weight is 675 g/mol. The maximum Gasteiger partial charge on any atom is 0.128 e. The fraction of sp³-hybridized carbons (Fsp3) is 0.0417. The molecule has 0 atom stereocenters. The van der Waals surface area contributed by atoms with Gasteiger partial charge in [0.2, 0.25) is 0 Å². The molecule has 0 bridgehead atoms. The van der Waals surface area contributed by atoms with Gasteiger partial charge in [-0.2, -0.15) is 0 Å². The van der Waals surface area contributed by atoms with Gasteiger partial charge in [-0.1, -0.05) is 122 Å². The molecule has 4 nitrogen and oxygen atoms in total. The molecule has 8 rings (SSSR count). The van der Waals surface area contributed by atoms with Gasteiger partial charge in [0.05, 0.1) is 23.9 Å². The minimum absolute atomic E-state index is 0.732. The zero-order valence-electron chi connectivity index (χ0n) is 28.9. The number of benzene rings is 7. The number of ether oxygens (including phenoxy) is 2. The molecule has 52 heavy (non-hydrogen) atoms. The lowest BCUT2D eigenvalue weighted by molar-refractivity contribution is 0.333. The van der Waals surface area contributed by atoms with Gasteiger partial charge in [-0.25, -0.2) is 0 Å².